The second-order valence-electron chi connectivity index (χ2n) is 6.29. The Balaban J connectivity index is 1.85. The first kappa shape index (κ1) is 11.1. The van der Waals surface area contributed by atoms with Crippen LogP contribution in [-0.4, -0.2) is 10.9 Å². The van der Waals surface area contributed by atoms with Crippen LogP contribution in [0.4, 0.5) is 5.69 Å². The number of benzene rings is 1. The lowest BCUT2D eigenvalue weighted by molar-refractivity contribution is 0.111. The van der Waals surface area contributed by atoms with E-state index in [-0.39, 0.29) is 0 Å². The molecule has 0 spiro atoms. The topological polar surface area (TPSA) is 29.3 Å². The van der Waals surface area contributed by atoms with Crippen LogP contribution in [0, 0.1) is 5.41 Å². The van der Waals surface area contributed by atoms with Gasteiger partial charge in [0.2, 0.25) is 0 Å². The number of rotatable bonds is 1. The van der Waals surface area contributed by atoms with Crippen LogP contribution < -0.4 is 5.73 Å². The van der Waals surface area contributed by atoms with Crippen LogP contribution in [0.2, 0.25) is 0 Å². The zero-order valence-electron chi connectivity index (χ0n) is 10.9. The van der Waals surface area contributed by atoms with E-state index in [4.69, 9.17) is 5.73 Å². The highest BCUT2D eigenvalue weighted by atomic mass is 15.2. The number of nitrogens with zero attached hydrogens (tertiary/aromatic N) is 1. The maximum atomic E-state index is 6.07. The SMILES string of the molecule is CC1(C)CCCC1N1Cc2cccc(N)c2C1. The average Bonchev–Trinajstić information content (AvgIpc) is 2.81. The molecule has 1 fully saturated rings. The van der Waals surface area contributed by atoms with Crippen molar-refractivity contribution in [1.82, 2.24) is 4.90 Å². The van der Waals surface area contributed by atoms with Gasteiger partial charge in [-0.05, 0) is 35.4 Å². The summed E-state index contributed by atoms with van der Waals surface area (Å²) in [6.07, 6.45) is 4.08. The standard InChI is InChI=1S/C15H22N2/c1-15(2)8-4-7-14(15)17-9-11-5-3-6-13(16)12(11)10-17/h3,5-6,14H,4,7-10,16H2,1-2H3. The van der Waals surface area contributed by atoms with Gasteiger partial charge in [-0.15, -0.1) is 0 Å². The average molecular weight is 230 g/mol. The summed E-state index contributed by atoms with van der Waals surface area (Å²) in [5.41, 5.74) is 10.3. The van der Waals surface area contributed by atoms with E-state index < -0.39 is 0 Å². The number of hydrogen-bond acceptors (Lipinski definition) is 2. The molecular weight excluding hydrogens is 208 g/mol. The van der Waals surface area contributed by atoms with Crippen molar-refractivity contribution in [1.29, 1.82) is 0 Å². The minimum Gasteiger partial charge on any atom is -0.398 e. The molecular formula is C15H22N2. The summed E-state index contributed by atoms with van der Waals surface area (Å²) in [5, 5.41) is 0. The summed E-state index contributed by atoms with van der Waals surface area (Å²) in [6.45, 7) is 6.97. The first-order valence-electron chi connectivity index (χ1n) is 6.68. The Morgan fingerprint density at radius 1 is 1.29 bits per heavy atom. The van der Waals surface area contributed by atoms with Gasteiger partial charge < -0.3 is 5.73 Å². The molecule has 0 saturated heterocycles. The molecule has 1 heterocycles. The predicted octanol–water partition coefficient (Wildman–Crippen LogP) is 3.16. The van der Waals surface area contributed by atoms with Gasteiger partial charge in [0, 0.05) is 24.8 Å². The van der Waals surface area contributed by atoms with E-state index in [0.717, 1.165) is 24.8 Å². The molecule has 3 rings (SSSR count). The molecule has 1 aromatic rings. The molecule has 0 radical (unpaired) electrons. The van der Waals surface area contributed by atoms with Crippen molar-refractivity contribution in [3.8, 4) is 0 Å². The normalized spacial score (nSPS) is 27.3. The second-order valence-corrected chi connectivity index (χ2v) is 6.29. The van der Waals surface area contributed by atoms with Crippen LogP contribution in [0.5, 0.6) is 0 Å². The number of anilines is 1. The Hall–Kier alpha value is -1.02. The first-order valence-corrected chi connectivity index (χ1v) is 6.68. The van der Waals surface area contributed by atoms with E-state index in [0.29, 0.717) is 5.41 Å². The molecule has 2 heteroatoms. The minimum absolute atomic E-state index is 0.469. The van der Waals surface area contributed by atoms with Crippen LogP contribution in [0.15, 0.2) is 18.2 Å². The first-order chi connectivity index (χ1) is 8.08. The summed E-state index contributed by atoms with van der Waals surface area (Å²) >= 11 is 0. The lowest BCUT2D eigenvalue weighted by Crippen LogP contribution is -2.38. The smallest absolute Gasteiger partial charge is 0.0363 e. The van der Waals surface area contributed by atoms with Gasteiger partial charge in [0.25, 0.3) is 0 Å². The highest BCUT2D eigenvalue weighted by Gasteiger charge is 2.40. The molecule has 1 aromatic carbocycles. The molecule has 1 saturated carbocycles. The third-order valence-corrected chi connectivity index (χ3v) is 4.69. The Kier molecular flexibility index (Phi) is 2.44. The Morgan fingerprint density at radius 3 is 2.76 bits per heavy atom. The molecule has 1 atom stereocenters. The Bertz CT molecular complexity index is 437. The van der Waals surface area contributed by atoms with Gasteiger partial charge in [-0.3, -0.25) is 4.90 Å². The van der Waals surface area contributed by atoms with E-state index in [2.05, 4.69) is 30.9 Å². The maximum Gasteiger partial charge on any atom is 0.0363 e. The molecule has 17 heavy (non-hydrogen) atoms. The van der Waals surface area contributed by atoms with Crippen molar-refractivity contribution < 1.29 is 0 Å². The van der Waals surface area contributed by atoms with Gasteiger partial charge >= 0.3 is 0 Å². The van der Waals surface area contributed by atoms with Crippen LogP contribution >= 0.6 is 0 Å². The molecule has 1 unspecified atom stereocenters. The summed E-state index contributed by atoms with van der Waals surface area (Å²) in [4.78, 5) is 2.63. The van der Waals surface area contributed by atoms with Crippen LogP contribution in [0.1, 0.15) is 44.2 Å². The van der Waals surface area contributed by atoms with E-state index in [1.54, 1.807) is 0 Å². The number of nitrogens with two attached hydrogens (primary N) is 1. The van der Waals surface area contributed by atoms with E-state index in [1.807, 2.05) is 6.07 Å². The zero-order valence-corrected chi connectivity index (χ0v) is 10.9. The molecule has 0 aromatic heterocycles. The van der Waals surface area contributed by atoms with E-state index in [9.17, 15) is 0 Å². The minimum atomic E-state index is 0.469. The van der Waals surface area contributed by atoms with Gasteiger partial charge in [-0.25, -0.2) is 0 Å². The molecule has 92 valence electrons. The summed E-state index contributed by atoms with van der Waals surface area (Å²) in [7, 11) is 0. The molecule has 1 aliphatic carbocycles. The third kappa shape index (κ3) is 1.75. The molecule has 0 bridgehead atoms. The Labute approximate surface area is 104 Å². The summed E-state index contributed by atoms with van der Waals surface area (Å²) < 4.78 is 0. The largest absolute Gasteiger partial charge is 0.398 e. The fourth-order valence-corrected chi connectivity index (χ4v) is 3.68. The lowest BCUT2D eigenvalue weighted by atomic mass is 9.86. The van der Waals surface area contributed by atoms with Crippen LogP contribution in [0.3, 0.4) is 0 Å². The number of fused-ring (bicyclic) bond motifs is 1. The molecule has 2 nitrogen and oxygen atoms in total. The predicted molar refractivity (Wildman–Crippen MR) is 71.5 cm³/mol. The third-order valence-electron chi connectivity index (χ3n) is 4.69. The zero-order chi connectivity index (χ0) is 12.0. The monoisotopic (exact) mass is 230 g/mol. The second kappa shape index (κ2) is 3.74. The van der Waals surface area contributed by atoms with Crippen molar-refractivity contribution >= 4 is 5.69 Å². The summed E-state index contributed by atoms with van der Waals surface area (Å²) in [6, 6.07) is 7.07. The fourth-order valence-electron chi connectivity index (χ4n) is 3.68. The van der Waals surface area contributed by atoms with Crippen LogP contribution in [0.25, 0.3) is 0 Å². The van der Waals surface area contributed by atoms with Crippen molar-refractivity contribution in [2.45, 2.75) is 52.2 Å². The number of nitrogen functional groups attached to an aromatic ring is 1. The van der Waals surface area contributed by atoms with Crippen molar-refractivity contribution in [2.24, 2.45) is 5.41 Å². The Morgan fingerprint density at radius 2 is 2.12 bits per heavy atom. The van der Waals surface area contributed by atoms with Crippen molar-refractivity contribution in [3.63, 3.8) is 0 Å². The van der Waals surface area contributed by atoms with E-state index in [1.165, 1.54) is 30.4 Å². The molecule has 1 aliphatic heterocycles. The maximum absolute atomic E-state index is 6.07. The number of hydrogen-bond donors (Lipinski definition) is 1. The highest BCUT2D eigenvalue weighted by Crippen LogP contribution is 2.43. The van der Waals surface area contributed by atoms with Crippen LogP contribution in [-0.2, 0) is 13.1 Å². The van der Waals surface area contributed by atoms with Crippen molar-refractivity contribution in [3.05, 3.63) is 29.3 Å². The van der Waals surface area contributed by atoms with Gasteiger partial charge in [-0.2, -0.15) is 0 Å². The van der Waals surface area contributed by atoms with Gasteiger partial charge in [0.05, 0.1) is 0 Å². The summed E-state index contributed by atoms with van der Waals surface area (Å²) in [5.74, 6) is 0. The fraction of sp³-hybridized carbons (Fsp3) is 0.600. The van der Waals surface area contributed by atoms with Gasteiger partial charge in [-0.1, -0.05) is 32.4 Å². The molecule has 2 aliphatic rings. The highest BCUT2D eigenvalue weighted by molar-refractivity contribution is 5.52. The van der Waals surface area contributed by atoms with Gasteiger partial charge in [0.1, 0.15) is 0 Å². The molecule has 2 N–H and O–H groups in total. The van der Waals surface area contributed by atoms with Gasteiger partial charge in [0.15, 0.2) is 0 Å². The quantitative estimate of drug-likeness (QED) is 0.751. The van der Waals surface area contributed by atoms with Crippen molar-refractivity contribution in [2.75, 3.05) is 5.73 Å². The molecule has 0 amide bonds. The lowest BCUT2D eigenvalue weighted by Gasteiger charge is -2.34. The van der Waals surface area contributed by atoms with E-state index >= 15 is 0 Å².